The molecule has 3 saturated heterocycles. The summed E-state index contributed by atoms with van der Waals surface area (Å²) in [6, 6.07) is 7.97. The number of rotatable bonds is 4. The number of likely N-dealkylation sites (tertiary alicyclic amines) is 1. The zero-order chi connectivity index (χ0) is 18.8. The molecule has 0 aromatic heterocycles. The van der Waals surface area contributed by atoms with Crippen LogP contribution in [0.4, 0.5) is 5.69 Å². The molecule has 0 spiro atoms. The lowest BCUT2D eigenvalue weighted by atomic mass is 10.0. The smallest absolute Gasteiger partial charge is 0.251 e. The van der Waals surface area contributed by atoms with E-state index in [0.717, 1.165) is 56.3 Å². The van der Waals surface area contributed by atoms with Crippen molar-refractivity contribution in [3.05, 3.63) is 29.3 Å². The van der Waals surface area contributed by atoms with Crippen LogP contribution >= 0.6 is 0 Å². The number of nitrogens with one attached hydrogen (secondary N) is 1. The Balaban J connectivity index is 1.39. The molecule has 148 valence electrons. The van der Waals surface area contributed by atoms with E-state index < -0.39 is 0 Å². The Hall–Kier alpha value is -1.59. The van der Waals surface area contributed by atoms with Gasteiger partial charge in [0, 0.05) is 55.7 Å². The van der Waals surface area contributed by atoms with Gasteiger partial charge < -0.3 is 15.0 Å². The minimum Gasteiger partial charge on any atom is -0.381 e. The predicted octanol–water partition coefficient (Wildman–Crippen LogP) is 2.97. The van der Waals surface area contributed by atoms with E-state index in [1.165, 1.54) is 31.5 Å². The zero-order valence-electron chi connectivity index (χ0n) is 16.7. The third kappa shape index (κ3) is 4.14. The molecule has 0 unspecified atom stereocenters. The lowest BCUT2D eigenvalue weighted by Crippen LogP contribution is -2.39. The maximum Gasteiger partial charge on any atom is 0.251 e. The molecule has 27 heavy (non-hydrogen) atoms. The van der Waals surface area contributed by atoms with E-state index >= 15 is 0 Å². The van der Waals surface area contributed by atoms with Gasteiger partial charge in [-0.2, -0.15) is 0 Å². The molecule has 1 aromatic rings. The van der Waals surface area contributed by atoms with E-state index in [0.29, 0.717) is 6.04 Å². The molecular formula is C22H33N3O2. The predicted molar refractivity (Wildman–Crippen MR) is 109 cm³/mol. The number of carbonyl (C=O) groups is 1. The van der Waals surface area contributed by atoms with E-state index in [9.17, 15) is 4.79 Å². The number of anilines is 1. The van der Waals surface area contributed by atoms with Gasteiger partial charge in [-0.3, -0.25) is 9.69 Å². The minimum absolute atomic E-state index is 0.0520. The largest absolute Gasteiger partial charge is 0.381 e. The van der Waals surface area contributed by atoms with E-state index in [1.54, 1.807) is 0 Å². The lowest BCUT2D eigenvalue weighted by Gasteiger charge is -2.29. The molecule has 1 amide bonds. The topological polar surface area (TPSA) is 44.8 Å². The number of hydrogen-bond donors (Lipinski definition) is 1. The summed E-state index contributed by atoms with van der Waals surface area (Å²) in [6.07, 6.45) is 5.75. The Morgan fingerprint density at radius 1 is 1.15 bits per heavy atom. The van der Waals surface area contributed by atoms with Crippen LogP contribution in [0.1, 0.15) is 54.9 Å². The fraction of sp³-hybridized carbons (Fsp3) is 0.682. The molecule has 3 fully saturated rings. The summed E-state index contributed by atoms with van der Waals surface area (Å²) in [6.45, 7) is 9.38. The van der Waals surface area contributed by atoms with Crippen molar-refractivity contribution >= 4 is 11.6 Å². The number of nitrogens with zero attached hydrogens (tertiary/aromatic N) is 2. The van der Waals surface area contributed by atoms with Gasteiger partial charge in [-0.25, -0.2) is 0 Å². The highest BCUT2D eigenvalue weighted by atomic mass is 16.5. The molecule has 0 bridgehead atoms. The molecule has 3 aliphatic rings. The molecular weight excluding hydrogens is 338 g/mol. The summed E-state index contributed by atoms with van der Waals surface area (Å²) < 4.78 is 5.38. The highest BCUT2D eigenvalue weighted by Crippen LogP contribution is 2.29. The van der Waals surface area contributed by atoms with Crippen LogP contribution in [0.5, 0.6) is 0 Å². The molecule has 3 heterocycles. The number of amides is 1. The van der Waals surface area contributed by atoms with Gasteiger partial charge >= 0.3 is 0 Å². The van der Waals surface area contributed by atoms with Gasteiger partial charge in [0.15, 0.2) is 0 Å². The number of ether oxygens (including phenoxy) is 1. The van der Waals surface area contributed by atoms with Crippen molar-refractivity contribution in [2.24, 2.45) is 0 Å². The highest BCUT2D eigenvalue weighted by Gasteiger charge is 2.33. The summed E-state index contributed by atoms with van der Waals surface area (Å²) in [7, 11) is 0. The van der Waals surface area contributed by atoms with Gasteiger partial charge in [0.05, 0.1) is 0 Å². The molecule has 1 aromatic carbocycles. The maximum absolute atomic E-state index is 12.7. The highest BCUT2D eigenvalue weighted by molar-refractivity contribution is 5.96. The lowest BCUT2D eigenvalue weighted by molar-refractivity contribution is 0.0696. The molecule has 1 N–H and O–H groups in total. The van der Waals surface area contributed by atoms with Gasteiger partial charge in [-0.05, 0) is 76.3 Å². The first kappa shape index (κ1) is 18.8. The van der Waals surface area contributed by atoms with Crippen LogP contribution in [0.3, 0.4) is 0 Å². The van der Waals surface area contributed by atoms with Crippen LogP contribution in [0.2, 0.25) is 0 Å². The second kappa shape index (κ2) is 8.19. The monoisotopic (exact) mass is 371 g/mol. The second-order valence-electron chi connectivity index (χ2n) is 8.48. The average molecular weight is 372 g/mol. The zero-order valence-corrected chi connectivity index (χ0v) is 16.7. The van der Waals surface area contributed by atoms with Crippen molar-refractivity contribution in [3.8, 4) is 0 Å². The molecule has 2 atom stereocenters. The van der Waals surface area contributed by atoms with Gasteiger partial charge in [0.25, 0.3) is 5.91 Å². The van der Waals surface area contributed by atoms with E-state index in [1.807, 2.05) is 6.07 Å². The molecule has 3 aliphatic heterocycles. The first-order valence-corrected chi connectivity index (χ1v) is 10.6. The summed E-state index contributed by atoms with van der Waals surface area (Å²) in [4.78, 5) is 17.8. The third-order valence-electron chi connectivity index (χ3n) is 6.61. The van der Waals surface area contributed by atoms with Gasteiger partial charge in [-0.1, -0.05) is 0 Å². The van der Waals surface area contributed by atoms with E-state index in [2.05, 4.69) is 41.1 Å². The van der Waals surface area contributed by atoms with Gasteiger partial charge in [0.2, 0.25) is 0 Å². The Morgan fingerprint density at radius 2 is 1.96 bits per heavy atom. The quantitative estimate of drug-likeness (QED) is 0.884. The summed E-state index contributed by atoms with van der Waals surface area (Å²) in [5, 5.41) is 3.17. The van der Waals surface area contributed by atoms with Crippen LogP contribution < -0.4 is 10.2 Å². The van der Waals surface area contributed by atoms with E-state index in [4.69, 9.17) is 4.74 Å². The number of carbonyl (C=O) groups excluding carboxylic acids is 1. The number of hydrogen-bond acceptors (Lipinski definition) is 4. The van der Waals surface area contributed by atoms with Crippen LogP contribution in [0, 0.1) is 6.92 Å². The van der Waals surface area contributed by atoms with Crippen LogP contribution in [0.25, 0.3) is 0 Å². The normalized spacial score (nSPS) is 27.3. The van der Waals surface area contributed by atoms with Gasteiger partial charge in [-0.15, -0.1) is 0 Å². The van der Waals surface area contributed by atoms with Crippen molar-refractivity contribution in [2.45, 2.75) is 64.1 Å². The van der Waals surface area contributed by atoms with E-state index in [-0.39, 0.29) is 11.9 Å². The SMILES string of the molecule is Cc1cc(N2CC[C@H](N3CCC[C@@H]3C)C2)ccc1C(=O)NC1CCOCC1. The first-order valence-electron chi connectivity index (χ1n) is 10.6. The van der Waals surface area contributed by atoms with Crippen molar-refractivity contribution in [1.82, 2.24) is 10.2 Å². The summed E-state index contributed by atoms with van der Waals surface area (Å²) in [5.41, 5.74) is 3.12. The van der Waals surface area contributed by atoms with Crippen molar-refractivity contribution in [2.75, 3.05) is 37.7 Å². The third-order valence-corrected chi connectivity index (χ3v) is 6.61. The second-order valence-corrected chi connectivity index (χ2v) is 8.48. The van der Waals surface area contributed by atoms with Crippen LogP contribution in [-0.2, 0) is 4.74 Å². The Labute approximate surface area is 163 Å². The molecule has 4 rings (SSSR count). The Bertz CT molecular complexity index is 672. The molecule has 0 saturated carbocycles. The minimum atomic E-state index is 0.0520. The fourth-order valence-electron chi connectivity index (χ4n) is 4.95. The number of benzene rings is 1. The van der Waals surface area contributed by atoms with Crippen molar-refractivity contribution in [1.29, 1.82) is 0 Å². The molecule has 0 radical (unpaired) electrons. The molecule has 5 nitrogen and oxygen atoms in total. The molecule has 5 heteroatoms. The summed E-state index contributed by atoms with van der Waals surface area (Å²) >= 11 is 0. The average Bonchev–Trinajstić information content (AvgIpc) is 3.31. The molecule has 0 aliphatic carbocycles. The van der Waals surface area contributed by atoms with Crippen molar-refractivity contribution in [3.63, 3.8) is 0 Å². The van der Waals surface area contributed by atoms with Crippen molar-refractivity contribution < 1.29 is 9.53 Å². The maximum atomic E-state index is 12.7. The van der Waals surface area contributed by atoms with Crippen LogP contribution in [-0.4, -0.2) is 61.8 Å². The Kier molecular flexibility index (Phi) is 5.69. The van der Waals surface area contributed by atoms with Gasteiger partial charge in [0.1, 0.15) is 0 Å². The van der Waals surface area contributed by atoms with Crippen LogP contribution in [0.15, 0.2) is 18.2 Å². The first-order chi connectivity index (χ1) is 13.1. The number of aryl methyl sites for hydroxylation is 1. The summed E-state index contributed by atoms with van der Waals surface area (Å²) in [5.74, 6) is 0.0520. The fourth-order valence-corrected chi connectivity index (χ4v) is 4.95. The standard InChI is InChI=1S/C22H33N3O2/c1-16-14-19(24-11-7-20(15-24)25-10-3-4-17(25)2)5-6-21(16)22(26)23-18-8-12-27-13-9-18/h5-6,14,17-18,20H,3-4,7-13,15H2,1-2H3,(H,23,26)/t17-,20-/m0/s1. The Morgan fingerprint density at radius 3 is 2.67 bits per heavy atom.